The van der Waals surface area contributed by atoms with Gasteiger partial charge in [-0.25, -0.2) is 0 Å². The van der Waals surface area contributed by atoms with Crippen molar-refractivity contribution in [3.63, 3.8) is 0 Å². The molecule has 0 unspecified atom stereocenters. The largest absolute Gasteiger partial charge is 0.496 e. The molecule has 1 aromatic rings. The average molecular weight is 250 g/mol. The average Bonchev–Trinajstić information content (AvgIpc) is 2.36. The van der Waals surface area contributed by atoms with Crippen molar-refractivity contribution in [2.45, 2.75) is 0 Å². The van der Waals surface area contributed by atoms with Gasteiger partial charge in [-0.1, -0.05) is 6.07 Å². The second-order valence-electron chi connectivity index (χ2n) is 4.35. The molecule has 98 valence electrons. The minimum absolute atomic E-state index is 0.0611. The van der Waals surface area contributed by atoms with Crippen LogP contribution >= 0.6 is 0 Å². The standard InChI is InChI=1S/C13H18N2O3/c1-17-10-4-3-5-11(18-2)12(10)13(16)15-7-9(6-14)8-15/h3-5,9H,6-8,14H2,1-2H3. The molecule has 2 rings (SSSR count). The van der Waals surface area contributed by atoms with Crippen molar-refractivity contribution in [3.8, 4) is 11.5 Å². The third-order valence-corrected chi connectivity index (χ3v) is 3.22. The number of rotatable bonds is 4. The Balaban J connectivity index is 2.24. The van der Waals surface area contributed by atoms with E-state index in [1.807, 2.05) is 0 Å². The third kappa shape index (κ3) is 2.13. The molecule has 0 spiro atoms. The zero-order chi connectivity index (χ0) is 13.1. The highest BCUT2D eigenvalue weighted by molar-refractivity contribution is 6.00. The zero-order valence-corrected chi connectivity index (χ0v) is 10.7. The summed E-state index contributed by atoms with van der Waals surface area (Å²) in [5.41, 5.74) is 6.04. The molecule has 1 heterocycles. The van der Waals surface area contributed by atoms with Gasteiger partial charge >= 0.3 is 0 Å². The van der Waals surface area contributed by atoms with Crippen LogP contribution in [-0.4, -0.2) is 44.7 Å². The van der Waals surface area contributed by atoms with E-state index in [1.54, 1.807) is 37.3 Å². The lowest BCUT2D eigenvalue weighted by molar-refractivity contribution is 0.0508. The molecule has 2 N–H and O–H groups in total. The zero-order valence-electron chi connectivity index (χ0n) is 10.7. The lowest BCUT2D eigenvalue weighted by atomic mass is 9.98. The van der Waals surface area contributed by atoms with Crippen molar-refractivity contribution in [2.75, 3.05) is 33.9 Å². The fraction of sp³-hybridized carbons (Fsp3) is 0.462. The molecule has 1 fully saturated rings. The molecule has 5 nitrogen and oxygen atoms in total. The van der Waals surface area contributed by atoms with Gasteiger partial charge in [0.05, 0.1) is 14.2 Å². The molecule has 1 aliphatic rings. The summed E-state index contributed by atoms with van der Waals surface area (Å²) in [7, 11) is 3.09. The van der Waals surface area contributed by atoms with Crippen molar-refractivity contribution in [1.82, 2.24) is 4.90 Å². The molecule has 1 aromatic carbocycles. The Kier molecular flexibility index (Phi) is 3.72. The minimum Gasteiger partial charge on any atom is -0.496 e. The number of ether oxygens (including phenoxy) is 2. The Labute approximate surface area is 106 Å². The second kappa shape index (κ2) is 5.27. The smallest absolute Gasteiger partial charge is 0.261 e. The maximum absolute atomic E-state index is 12.4. The second-order valence-corrected chi connectivity index (χ2v) is 4.35. The van der Waals surface area contributed by atoms with E-state index in [4.69, 9.17) is 15.2 Å². The number of carbonyl (C=O) groups excluding carboxylic acids is 1. The van der Waals surface area contributed by atoms with Gasteiger partial charge in [0.25, 0.3) is 5.91 Å². The number of nitrogens with two attached hydrogens (primary N) is 1. The third-order valence-electron chi connectivity index (χ3n) is 3.22. The molecular weight excluding hydrogens is 232 g/mol. The lowest BCUT2D eigenvalue weighted by Gasteiger charge is -2.39. The van der Waals surface area contributed by atoms with E-state index >= 15 is 0 Å². The lowest BCUT2D eigenvalue weighted by Crippen LogP contribution is -2.52. The van der Waals surface area contributed by atoms with Crippen LogP contribution in [-0.2, 0) is 0 Å². The summed E-state index contributed by atoms with van der Waals surface area (Å²) in [6, 6.07) is 5.32. The molecule has 0 aromatic heterocycles. The van der Waals surface area contributed by atoms with Crippen molar-refractivity contribution in [1.29, 1.82) is 0 Å². The predicted octanol–water partition coefficient (Wildman–Crippen LogP) is 0.735. The normalized spacial score (nSPS) is 15.2. The molecule has 1 saturated heterocycles. The van der Waals surface area contributed by atoms with Gasteiger partial charge in [-0.2, -0.15) is 0 Å². The van der Waals surface area contributed by atoms with Crippen molar-refractivity contribution >= 4 is 5.91 Å². The molecule has 0 bridgehead atoms. The summed E-state index contributed by atoms with van der Waals surface area (Å²) in [4.78, 5) is 14.1. The maximum atomic E-state index is 12.4. The van der Waals surface area contributed by atoms with Crippen molar-refractivity contribution in [2.24, 2.45) is 11.7 Å². The number of amides is 1. The van der Waals surface area contributed by atoms with E-state index in [9.17, 15) is 4.79 Å². The van der Waals surface area contributed by atoms with Gasteiger partial charge in [-0.05, 0) is 18.7 Å². The Morgan fingerprint density at radius 1 is 1.33 bits per heavy atom. The number of hydrogen-bond donors (Lipinski definition) is 1. The van der Waals surface area contributed by atoms with Crippen LogP contribution in [0.5, 0.6) is 11.5 Å². The Hall–Kier alpha value is -1.75. The number of carbonyl (C=O) groups is 1. The monoisotopic (exact) mass is 250 g/mol. The van der Waals surface area contributed by atoms with Crippen LogP contribution in [0.3, 0.4) is 0 Å². The SMILES string of the molecule is COc1cccc(OC)c1C(=O)N1CC(CN)C1. The van der Waals surface area contributed by atoms with Gasteiger partial charge in [0, 0.05) is 19.0 Å². The molecule has 0 atom stereocenters. The number of benzene rings is 1. The van der Waals surface area contributed by atoms with E-state index < -0.39 is 0 Å². The van der Waals surface area contributed by atoms with Crippen LogP contribution in [0.2, 0.25) is 0 Å². The van der Waals surface area contributed by atoms with Gasteiger partial charge in [0.15, 0.2) is 0 Å². The highest BCUT2D eigenvalue weighted by atomic mass is 16.5. The number of hydrogen-bond acceptors (Lipinski definition) is 4. The minimum atomic E-state index is -0.0611. The quantitative estimate of drug-likeness (QED) is 0.855. The fourth-order valence-electron chi connectivity index (χ4n) is 2.10. The van der Waals surface area contributed by atoms with Crippen LogP contribution in [0.4, 0.5) is 0 Å². The highest BCUT2D eigenvalue weighted by Crippen LogP contribution is 2.31. The van der Waals surface area contributed by atoms with Crippen molar-refractivity contribution < 1.29 is 14.3 Å². The Morgan fingerprint density at radius 2 is 1.89 bits per heavy atom. The van der Waals surface area contributed by atoms with E-state index in [0.717, 1.165) is 0 Å². The first-order valence-electron chi connectivity index (χ1n) is 5.91. The molecule has 0 radical (unpaired) electrons. The summed E-state index contributed by atoms with van der Waals surface area (Å²) in [5.74, 6) is 1.43. The van der Waals surface area contributed by atoms with Gasteiger partial charge in [-0.15, -0.1) is 0 Å². The van der Waals surface area contributed by atoms with E-state index in [-0.39, 0.29) is 5.91 Å². The topological polar surface area (TPSA) is 64.8 Å². The van der Waals surface area contributed by atoms with E-state index in [0.29, 0.717) is 42.6 Å². The maximum Gasteiger partial charge on any atom is 0.261 e. The first-order chi connectivity index (χ1) is 8.71. The van der Waals surface area contributed by atoms with Crippen LogP contribution < -0.4 is 15.2 Å². The summed E-state index contributed by atoms with van der Waals surface area (Å²) < 4.78 is 10.5. The Morgan fingerprint density at radius 3 is 2.33 bits per heavy atom. The highest BCUT2D eigenvalue weighted by Gasteiger charge is 2.33. The number of nitrogens with zero attached hydrogens (tertiary/aromatic N) is 1. The van der Waals surface area contributed by atoms with Gasteiger partial charge < -0.3 is 20.1 Å². The van der Waals surface area contributed by atoms with E-state index in [1.165, 1.54) is 0 Å². The van der Waals surface area contributed by atoms with Crippen LogP contribution in [0.1, 0.15) is 10.4 Å². The molecular formula is C13H18N2O3. The number of methoxy groups -OCH3 is 2. The summed E-state index contributed by atoms with van der Waals surface area (Å²) >= 11 is 0. The van der Waals surface area contributed by atoms with Gasteiger partial charge in [0.2, 0.25) is 0 Å². The van der Waals surface area contributed by atoms with Crippen molar-refractivity contribution in [3.05, 3.63) is 23.8 Å². The van der Waals surface area contributed by atoms with Crippen LogP contribution in [0.25, 0.3) is 0 Å². The summed E-state index contributed by atoms with van der Waals surface area (Å²) in [6.45, 7) is 2.03. The van der Waals surface area contributed by atoms with Crippen LogP contribution in [0.15, 0.2) is 18.2 Å². The molecule has 0 saturated carbocycles. The first kappa shape index (κ1) is 12.7. The summed E-state index contributed by atoms with van der Waals surface area (Å²) in [6.07, 6.45) is 0. The van der Waals surface area contributed by atoms with Gasteiger partial charge in [0.1, 0.15) is 17.1 Å². The fourth-order valence-corrected chi connectivity index (χ4v) is 2.10. The molecule has 5 heteroatoms. The van der Waals surface area contributed by atoms with Crippen LogP contribution in [0, 0.1) is 5.92 Å². The predicted molar refractivity (Wildman–Crippen MR) is 68.0 cm³/mol. The molecule has 1 aliphatic heterocycles. The number of likely N-dealkylation sites (tertiary alicyclic amines) is 1. The van der Waals surface area contributed by atoms with Gasteiger partial charge in [-0.3, -0.25) is 4.79 Å². The molecule has 0 aliphatic carbocycles. The molecule has 1 amide bonds. The molecule has 18 heavy (non-hydrogen) atoms. The summed E-state index contributed by atoms with van der Waals surface area (Å²) in [5, 5.41) is 0. The first-order valence-corrected chi connectivity index (χ1v) is 5.91. The Bertz CT molecular complexity index is 420. The van der Waals surface area contributed by atoms with E-state index in [2.05, 4.69) is 0 Å².